The maximum absolute atomic E-state index is 12.3. The van der Waals surface area contributed by atoms with Crippen molar-refractivity contribution >= 4 is 23.2 Å². The first kappa shape index (κ1) is 25.2. The lowest BCUT2D eigenvalue weighted by molar-refractivity contribution is -0.118. The number of nitrogens with one attached hydrogen (secondary N) is 2. The van der Waals surface area contributed by atoms with E-state index in [1.807, 2.05) is 48.5 Å². The van der Waals surface area contributed by atoms with Gasteiger partial charge in [0.2, 0.25) is 11.8 Å². The van der Waals surface area contributed by atoms with Crippen molar-refractivity contribution in [2.24, 2.45) is 0 Å². The van der Waals surface area contributed by atoms with Crippen molar-refractivity contribution in [3.8, 4) is 11.5 Å². The summed E-state index contributed by atoms with van der Waals surface area (Å²) in [7, 11) is 0. The Labute approximate surface area is 191 Å². The fraction of sp³-hybridized carbons (Fsp3) is 0.462. The second kappa shape index (κ2) is 14.9. The van der Waals surface area contributed by atoms with Crippen LogP contribution in [0.1, 0.15) is 65.2 Å². The molecule has 0 aliphatic rings. The van der Waals surface area contributed by atoms with Gasteiger partial charge in [0.05, 0.1) is 24.6 Å². The van der Waals surface area contributed by atoms with Gasteiger partial charge in [0.1, 0.15) is 11.5 Å². The quantitative estimate of drug-likeness (QED) is 0.324. The number of anilines is 2. The number of rotatable bonds is 15. The molecule has 2 aromatic carbocycles. The molecule has 0 aromatic heterocycles. The molecule has 2 aromatic rings. The first-order valence-corrected chi connectivity index (χ1v) is 11.7. The van der Waals surface area contributed by atoms with Crippen LogP contribution in [0.4, 0.5) is 11.4 Å². The predicted octanol–water partition coefficient (Wildman–Crippen LogP) is 6.18. The minimum Gasteiger partial charge on any atom is -0.491 e. The molecule has 0 saturated carbocycles. The van der Waals surface area contributed by atoms with Gasteiger partial charge in [-0.25, -0.2) is 0 Å². The summed E-state index contributed by atoms with van der Waals surface area (Å²) in [4.78, 5) is 24.6. The molecule has 0 radical (unpaired) electrons. The van der Waals surface area contributed by atoms with Gasteiger partial charge in [-0.3, -0.25) is 9.59 Å². The van der Waals surface area contributed by atoms with E-state index in [-0.39, 0.29) is 11.8 Å². The Balaban J connectivity index is 1.72. The van der Waals surface area contributed by atoms with E-state index in [0.717, 1.165) is 25.7 Å². The van der Waals surface area contributed by atoms with Crippen molar-refractivity contribution in [1.29, 1.82) is 0 Å². The molecule has 0 fully saturated rings. The number of carbonyl (C=O) groups excluding carboxylic acids is 2. The van der Waals surface area contributed by atoms with Gasteiger partial charge in [0.25, 0.3) is 0 Å². The van der Waals surface area contributed by atoms with Crippen LogP contribution in [0.25, 0.3) is 0 Å². The fourth-order valence-corrected chi connectivity index (χ4v) is 3.04. The molecular formula is C26H36N2O4. The lowest BCUT2D eigenvalue weighted by atomic mass is 10.1. The van der Waals surface area contributed by atoms with Gasteiger partial charge in [-0.15, -0.1) is 0 Å². The summed E-state index contributed by atoms with van der Waals surface area (Å²) in [6.45, 7) is 5.48. The molecule has 174 valence electrons. The summed E-state index contributed by atoms with van der Waals surface area (Å²) in [5.74, 6) is 1.22. The molecule has 0 aliphatic carbocycles. The van der Waals surface area contributed by atoms with Gasteiger partial charge >= 0.3 is 0 Å². The number of ether oxygens (including phenoxy) is 2. The van der Waals surface area contributed by atoms with Gasteiger partial charge in [-0.05, 0) is 49.9 Å². The van der Waals surface area contributed by atoms with E-state index < -0.39 is 0 Å². The van der Waals surface area contributed by atoms with E-state index in [4.69, 9.17) is 9.47 Å². The minimum absolute atomic E-state index is 0.0772. The zero-order chi connectivity index (χ0) is 23.0. The molecule has 0 aliphatic heterocycles. The summed E-state index contributed by atoms with van der Waals surface area (Å²) in [6.07, 6.45) is 6.03. The Morgan fingerprint density at radius 3 is 1.47 bits per heavy atom. The van der Waals surface area contributed by atoms with Crippen LogP contribution in [0.3, 0.4) is 0 Å². The third-order valence-corrected chi connectivity index (χ3v) is 4.89. The Morgan fingerprint density at radius 2 is 1.06 bits per heavy atom. The highest BCUT2D eigenvalue weighted by Crippen LogP contribution is 2.25. The highest BCUT2D eigenvalue weighted by molar-refractivity contribution is 5.93. The number of hydrogen-bond donors (Lipinski definition) is 2. The topological polar surface area (TPSA) is 76.7 Å². The van der Waals surface area contributed by atoms with E-state index in [9.17, 15) is 9.59 Å². The fourth-order valence-electron chi connectivity index (χ4n) is 3.04. The predicted molar refractivity (Wildman–Crippen MR) is 129 cm³/mol. The van der Waals surface area contributed by atoms with Crippen LogP contribution in [0.2, 0.25) is 0 Å². The van der Waals surface area contributed by atoms with Crippen molar-refractivity contribution < 1.29 is 19.1 Å². The monoisotopic (exact) mass is 440 g/mol. The summed E-state index contributed by atoms with van der Waals surface area (Å²) in [5, 5.41) is 5.83. The van der Waals surface area contributed by atoms with E-state index in [1.165, 1.54) is 0 Å². The molecule has 2 N–H and O–H groups in total. The highest BCUT2D eigenvalue weighted by Gasteiger charge is 2.10. The summed E-state index contributed by atoms with van der Waals surface area (Å²) in [6, 6.07) is 14.9. The molecule has 6 nitrogen and oxygen atoms in total. The molecule has 0 saturated heterocycles. The number of hydrogen-bond acceptors (Lipinski definition) is 4. The zero-order valence-electron chi connectivity index (χ0n) is 19.3. The second-order valence-corrected chi connectivity index (χ2v) is 7.70. The molecule has 0 heterocycles. The van der Waals surface area contributed by atoms with Crippen LogP contribution in [0.15, 0.2) is 48.5 Å². The summed E-state index contributed by atoms with van der Waals surface area (Å²) in [5.41, 5.74) is 1.37. The summed E-state index contributed by atoms with van der Waals surface area (Å²) < 4.78 is 11.5. The molecule has 2 rings (SSSR count). The van der Waals surface area contributed by atoms with E-state index in [2.05, 4.69) is 24.5 Å². The highest BCUT2D eigenvalue weighted by atomic mass is 16.5. The van der Waals surface area contributed by atoms with Crippen molar-refractivity contribution in [2.45, 2.75) is 65.2 Å². The average Bonchev–Trinajstić information content (AvgIpc) is 2.79. The lowest BCUT2D eigenvalue weighted by Crippen LogP contribution is -2.14. The summed E-state index contributed by atoms with van der Waals surface area (Å²) >= 11 is 0. The average molecular weight is 441 g/mol. The minimum atomic E-state index is -0.0772. The number of benzene rings is 2. The second-order valence-electron chi connectivity index (χ2n) is 7.70. The van der Waals surface area contributed by atoms with Gasteiger partial charge in [0, 0.05) is 12.8 Å². The van der Waals surface area contributed by atoms with Gasteiger partial charge in [0.15, 0.2) is 0 Å². The third-order valence-electron chi connectivity index (χ3n) is 4.89. The molecule has 0 spiro atoms. The van der Waals surface area contributed by atoms with Crippen molar-refractivity contribution in [3.63, 3.8) is 0 Å². The van der Waals surface area contributed by atoms with Crippen LogP contribution in [0, 0.1) is 0 Å². The smallest absolute Gasteiger partial charge is 0.224 e. The first-order valence-electron chi connectivity index (χ1n) is 11.7. The maximum Gasteiger partial charge on any atom is 0.224 e. The normalized spacial score (nSPS) is 10.4. The maximum atomic E-state index is 12.3. The molecule has 0 atom stereocenters. The largest absolute Gasteiger partial charge is 0.491 e. The van der Waals surface area contributed by atoms with Crippen LogP contribution < -0.4 is 20.1 Å². The van der Waals surface area contributed by atoms with Crippen molar-refractivity contribution in [1.82, 2.24) is 0 Å². The van der Waals surface area contributed by atoms with Gasteiger partial charge in [-0.2, -0.15) is 0 Å². The molecule has 2 amide bonds. The molecule has 6 heteroatoms. The number of carbonyl (C=O) groups is 2. The lowest BCUT2D eigenvalue weighted by Gasteiger charge is -2.13. The Hall–Kier alpha value is -3.02. The van der Waals surface area contributed by atoms with Crippen molar-refractivity contribution in [3.05, 3.63) is 48.5 Å². The van der Waals surface area contributed by atoms with E-state index in [0.29, 0.717) is 61.8 Å². The standard InChI is InChI=1S/C26H36N2O4/c1-3-5-19-31-23-15-9-7-13-21(23)27-25(29)17-11-12-18-26(30)28-22-14-8-10-16-24(22)32-20-6-4-2/h7-10,13-16H,3-6,11-12,17-20H2,1-2H3,(H,27,29)(H,28,30). The number of unbranched alkanes of at least 4 members (excludes halogenated alkanes) is 3. The molecule has 0 unspecified atom stereocenters. The van der Waals surface area contributed by atoms with Crippen LogP contribution >= 0.6 is 0 Å². The SMILES string of the molecule is CCCCOc1ccccc1NC(=O)CCCCC(=O)Nc1ccccc1OCCCC. The van der Waals surface area contributed by atoms with Gasteiger partial charge < -0.3 is 20.1 Å². The van der Waals surface area contributed by atoms with Crippen LogP contribution in [-0.2, 0) is 9.59 Å². The third kappa shape index (κ3) is 9.41. The van der Waals surface area contributed by atoms with E-state index >= 15 is 0 Å². The molecular weight excluding hydrogens is 404 g/mol. The van der Waals surface area contributed by atoms with Crippen LogP contribution in [-0.4, -0.2) is 25.0 Å². The molecule has 32 heavy (non-hydrogen) atoms. The Kier molecular flexibility index (Phi) is 11.7. The zero-order valence-corrected chi connectivity index (χ0v) is 19.3. The Bertz CT molecular complexity index is 769. The number of amides is 2. The Morgan fingerprint density at radius 1 is 0.656 bits per heavy atom. The van der Waals surface area contributed by atoms with E-state index in [1.54, 1.807) is 0 Å². The van der Waals surface area contributed by atoms with Crippen LogP contribution in [0.5, 0.6) is 11.5 Å². The number of para-hydroxylation sites is 4. The van der Waals surface area contributed by atoms with Gasteiger partial charge in [-0.1, -0.05) is 51.0 Å². The van der Waals surface area contributed by atoms with Crippen molar-refractivity contribution in [2.75, 3.05) is 23.8 Å². The first-order chi connectivity index (χ1) is 15.6. The molecule has 0 bridgehead atoms.